The van der Waals surface area contributed by atoms with E-state index in [9.17, 15) is 4.79 Å². The zero-order chi connectivity index (χ0) is 20.9. The number of nitrogens with zero attached hydrogens (tertiary/aromatic N) is 2. The van der Waals surface area contributed by atoms with E-state index in [0.717, 1.165) is 34.3 Å². The van der Waals surface area contributed by atoms with Crippen molar-refractivity contribution in [2.24, 2.45) is 0 Å². The van der Waals surface area contributed by atoms with Gasteiger partial charge >= 0.3 is 5.97 Å². The molecule has 0 aliphatic carbocycles. The Balaban J connectivity index is 1.40. The molecule has 0 fully saturated rings. The van der Waals surface area contributed by atoms with Crippen LogP contribution in [-0.4, -0.2) is 20.9 Å². The molecule has 4 aromatic rings. The highest BCUT2D eigenvalue weighted by atomic mass is 16.5. The fraction of sp³-hybridized carbons (Fsp3) is 0.200. The molecule has 5 heteroatoms. The lowest BCUT2D eigenvalue weighted by molar-refractivity contribution is -0.137. The second kappa shape index (κ2) is 8.82. The average molecular weight is 400 g/mol. The number of hydrogen-bond donors (Lipinski definition) is 1. The largest absolute Gasteiger partial charge is 0.489 e. The first-order valence-corrected chi connectivity index (χ1v) is 10.0. The van der Waals surface area contributed by atoms with Gasteiger partial charge in [-0.15, -0.1) is 0 Å². The van der Waals surface area contributed by atoms with Gasteiger partial charge in [0.05, 0.1) is 24.7 Å². The van der Waals surface area contributed by atoms with Gasteiger partial charge < -0.3 is 9.84 Å². The van der Waals surface area contributed by atoms with Crippen molar-refractivity contribution in [2.75, 3.05) is 0 Å². The molecule has 0 amide bonds. The molecule has 0 bridgehead atoms. The normalized spacial score (nSPS) is 12.0. The lowest BCUT2D eigenvalue weighted by Gasteiger charge is -2.11. The van der Waals surface area contributed by atoms with Crippen molar-refractivity contribution in [2.45, 2.75) is 32.4 Å². The molecule has 4 rings (SSSR count). The standard InChI is InChI=1S/C25H24N2O3/c1-18(13-25(28)29)21-8-10-23(11-9-21)30-17-20-7-12-24-22(14-20)15-26-27(24)16-19-5-3-2-4-6-19/h2-12,14-15,18H,13,16-17H2,1H3,(H,28,29)/t18-/m0/s1. The monoisotopic (exact) mass is 400 g/mol. The van der Waals surface area contributed by atoms with Gasteiger partial charge in [0, 0.05) is 5.39 Å². The molecular weight excluding hydrogens is 376 g/mol. The van der Waals surface area contributed by atoms with Crippen molar-refractivity contribution in [3.8, 4) is 5.75 Å². The predicted octanol–water partition coefficient (Wildman–Crippen LogP) is 5.24. The second-order valence-corrected chi connectivity index (χ2v) is 7.54. The number of ether oxygens (including phenoxy) is 1. The maximum Gasteiger partial charge on any atom is 0.303 e. The SMILES string of the molecule is C[C@@H](CC(=O)O)c1ccc(OCc2ccc3c(cnn3Cc3ccccc3)c2)cc1. The molecule has 5 nitrogen and oxygen atoms in total. The first kappa shape index (κ1) is 19.7. The number of hydrogen-bond acceptors (Lipinski definition) is 3. The summed E-state index contributed by atoms with van der Waals surface area (Å²) in [4.78, 5) is 10.9. The molecule has 1 heterocycles. The van der Waals surface area contributed by atoms with Crippen molar-refractivity contribution in [3.63, 3.8) is 0 Å². The third kappa shape index (κ3) is 4.69. The molecule has 0 unspecified atom stereocenters. The van der Waals surface area contributed by atoms with E-state index in [0.29, 0.717) is 6.61 Å². The summed E-state index contributed by atoms with van der Waals surface area (Å²) in [5, 5.41) is 14.5. The highest BCUT2D eigenvalue weighted by Gasteiger charge is 2.10. The minimum absolute atomic E-state index is 0.0219. The van der Waals surface area contributed by atoms with Gasteiger partial charge in [-0.1, -0.05) is 55.5 Å². The molecule has 0 saturated carbocycles. The summed E-state index contributed by atoms with van der Waals surface area (Å²) in [7, 11) is 0. The van der Waals surface area contributed by atoms with Crippen LogP contribution in [0.15, 0.2) is 79.0 Å². The number of rotatable bonds is 8. The Kier molecular flexibility index (Phi) is 5.80. The van der Waals surface area contributed by atoms with E-state index in [1.54, 1.807) is 0 Å². The van der Waals surface area contributed by atoms with Gasteiger partial charge in [0.25, 0.3) is 0 Å². The third-order valence-electron chi connectivity index (χ3n) is 5.22. The average Bonchev–Trinajstić information content (AvgIpc) is 3.15. The van der Waals surface area contributed by atoms with Crippen molar-refractivity contribution < 1.29 is 14.6 Å². The molecule has 1 aromatic heterocycles. The molecule has 1 N–H and O–H groups in total. The van der Waals surface area contributed by atoms with E-state index in [1.807, 2.05) is 60.3 Å². The van der Waals surface area contributed by atoms with Gasteiger partial charge in [0.2, 0.25) is 0 Å². The Morgan fingerprint density at radius 1 is 1.03 bits per heavy atom. The minimum Gasteiger partial charge on any atom is -0.489 e. The Hall–Kier alpha value is -3.60. The summed E-state index contributed by atoms with van der Waals surface area (Å²) >= 11 is 0. The topological polar surface area (TPSA) is 64.3 Å². The van der Waals surface area contributed by atoms with E-state index < -0.39 is 5.97 Å². The van der Waals surface area contributed by atoms with Gasteiger partial charge in [0.1, 0.15) is 12.4 Å². The van der Waals surface area contributed by atoms with Gasteiger partial charge in [-0.05, 0) is 46.9 Å². The number of fused-ring (bicyclic) bond motifs is 1. The molecular formula is C25H24N2O3. The Morgan fingerprint density at radius 2 is 1.80 bits per heavy atom. The molecule has 3 aromatic carbocycles. The summed E-state index contributed by atoms with van der Waals surface area (Å²) < 4.78 is 7.92. The number of carbonyl (C=O) groups is 1. The molecule has 0 aliphatic heterocycles. The van der Waals surface area contributed by atoms with Crippen LogP contribution < -0.4 is 4.74 Å². The lowest BCUT2D eigenvalue weighted by atomic mass is 9.98. The fourth-order valence-corrected chi connectivity index (χ4v) is 3.55. The molecule has 30 heavy (non-hydrogen) atoms. The predicted molar refractivity (Wildman–Crippen MR) is 117 cm³/mol. The van der Waals surface area contributed by atoms with Gasteiger partial charge in [-0.2, -0.15) is 5.10 Å². The number of carboxylic acid groups (broad SMARTS) is 1. The number of aromatic nitrogens is 2. The summed E-state index contributed by atoms with van der Waals surface area (Å²) in [6.07, 6.45) is 2.01. The van der Waals surface area contributed by atoms with Crippen LogP contribution in [-0.2, 0) is 17.9 Å². The Labute approximate surface area is 175 Å². The first-order chi connectivity index (χ1) is 14.6. The van der Waals surface area contributed by atoms with E-state index in [1.165, 1.54) is 5.56 Å². The first-order valence-electron chi connectivity index (χ1n) is 10.0. The maximum absolute atomic E-state index is 10.9. The second-order valence-electron chi connectivity index (χ2n) is 7.54. The van der Waals surface area contributed by atoms with E-state index in [4.69, 9.17) is 9.84 Å². The summed E-state index contributed by atoms with van der Waals surface area (Å²) in [5.74, 6) is -0.0437. The van der Waals surface area contributed by atoms with Crippen LogP contribution in [0.5, 0.6) is 5.75 Å². The summed E-state index contributed by atoms with van der Waals surface area (Å²) in [6.45, 7) is 3.12. The Morgan fingerprint density at radius 3 is 2.53 bits per heavy atom. The summed E-state index contributed by atoms with van der Waals surface area (Å²) in [6, 6.07) is 24.2. The molecule has 0 radical (unpaired) electrons. The zero-order valence-electron chi connectivity index (χ0n) is 16.9. The fourth-order valence-electron chi connectivity index (χ4n) is 3.55. The molecule has 152 valence electrons. The van der Waals surface area contributed by atoms with E-state index >= 15 is 0 Å². The van der Waals surface area contributed by atoms with E-state index in [-0.39, 0.29) is 12.3 Å². The molecule has 0 saturated heterocycles. The maximum atomic E-state index is 10.9. The third-order valence-corrected chi connectivity index (χ3v) is 5.22. The number of carboxylic acids is 1. The van der Waals surface area contributed by atoms with Crippen molar-refractivity contribution in [1.82, 2.24) is 9.78 Å². The number of aliphatic carboxylic acids is 1. The van der Waals surface area contributed by atoms with Crippen LogP contribution in [0.1, 0.15) is 36.0 Å². The highest BCUT2D eigenvalue weighted by molar-refractivity contribution is 5.79. The lowest BCUT2D eigenvalue weighted by Crippen LogP contribution is -2.03. The van der Waals surface area contributed by atoms with Crippen LogP contribution in [0.25, 0.3) is 10.9 Å². The van der Waals surface area contributed by atoms with Gasteiger partial charge in [-0.3, -0.25) is 9.48 Å². The van der Waals surface area contributed by atoms with E-state index in [2.05, 4.69) is 35.4 Å². The molecule has 0 spiro atoms. The molecule has 1 atom stereocenters. The molecule has 0 aliphatic rings. The zero-order valence-corrected chi connectivity index (χ0v) is 16.9. The van der Waals surface area contributed by atoms with Crippen LogP contribution in [0.3, 0.4) is 0 Å². The smallest absolute Gasteiger partial charge is 0.303 e. The minimum atomic E-state index is -0.787. The van der Waals surface area contributed by atoms with Crippen LogP contribution in [0, 0.1) is 0 Å². The quantitative estimate of drug-likeness (QED) is 0.439. The summed E-state index contributed by atoms with van der Waals surface area (Å²) in [5.41, 5.74) is 4.39. The van der Waals surface area contributed by atoms with Crippen LogP contribution in [0.2, 0.25) is 0 Å². The Bertz CT molecular complexity index is 1130. The van der Waals surface area contributed by atoms with Gasteiger partial charge in [0.15, 0.2) is 0 Å². The van der Waals surface area contributed by atoms with Crippen LogP contribution in [0.4, 0.5) is 0 Å². The van der Waals surface area contributed by atoms with Crippen molar-refractivity contribution >= 4 is 16.9 Å². The highest BCUT2D eigenvalue weighted by Crippen LogP contribution is 2.23. The van der Waals surface area contributed by atoms with Crippen LogP contribution >= 0.6 is 0 Å². The van der Waals surface area contributed by atoms with Gasteiger partial charge in [-0.25, -0.2) is 0 Å². The van der Waals surface area contributed by atoms with Crippen molar-refractivity contribution in [1.29, 1.82) is 0 Å². The number of benzene rings is 3. The van der Waals surface area contributed by atoms with Crippen molar-refractivity contribution in [3.05, 3.63) is 95.7 Å².